The molecule has 172 valence electrons. The van der Waals surface area contributed by atoms with Gasteiger partial charge in [0.15, 0.2) is 6.23 Å². The fraction of sp³-hybridized carbons (Fsp3) is 0.600. The lowest BCUT2D eigenvalue weighted by Gasteiger charge is -2.24. The predicted molar refractivity (Wildman–Crippen MR) is 91.9 cm³/mol. The molecular weight excluding hydrogens is 482 g/mol. The Kier molecular flexibility index (Phi) is 6.83. The van der Waals surface area contributed by atoms with Crippen molar-refractivity contribution in [2.45, 2.75) is 31.0 Å². The van der Waals surface area contributed by atoms with Crippen LogP contribution in [0.25, 0.3) is 0 Å². The Balaban J connectivity index is 2.13. The van der Waals surface area contributed by atoms with Crippen molar-refractivity contribution in [3.05, 3.63) is 22.7 Å². The van der Waals surface area contributed by atoms with Crippen molar-refractivity contribution in [3.8, 4) is 0 Å². The predicted octanol–water partition coefficient (Wildman–Crippen LogP) is -0.496. The molecule has 1 aliphatic rings. The zero-order valence-electron chi connectivity index (χ0n) is 14.8. The number of rotatable bonds is 8. The molecule has 5 atom stereocenters. The standard InChI is InChI=1S/C10H17FN3O13P3/c1-9(16)4-10(11,25-7(9)14-3-2-6(12)13-8(14)15)5-24-29(20,21)27-30(22,23)26-28(17,18)19/h2-3,7,16H,4-5H2,1H3,(H,20,21)(H,22,23)(H2,12,13,15)(H2,17,18,19)/t7-,9-,10+/m1/s1. The lowest BCUT2D eigenvalue weighted by Crippen LogP contribution is -2.38. The molecule has 16 nitrogen and oxygen atoms in total. The van der Waals surface area contributed by atoms with Crippen LogP contribution in [-0.4, -0.2) is 52.3 Å². The third-order valence-corrected chi connectivity index (χ3v) is 7.22. The number of phosphoric ester groups is 1. The van der Waals surface area contributed by atoms with Crippen molar-refractivity contribution in [1.29, 1.82) is 0 Å². The summed E-state index contributed by atoms with van der Waals surface area (Å²) in [4.78, 5) is 50.6. The number of phosphoric acid groups is 3. The second-order valence-corrected chi connectivity index (χ2v) is 10.7. The van der Waals surface area contributed by atoms with Crippen LogP contribution >= 0.6 is 23.5 Å². The van der Waals surface area contributed by atoms with Crippen LogP contribution in [0.5, 0.6) is 0 Å². The van der Waals surface area contributed by atoms with Crippen molar-refractivity contribution in [3.63, 3.8) is 0 Å². The van der Waals surface area contributed by atoms with E-state index in [4.69, 9.17) is 25.2 Å². The summed E-state index contributed by atoms with van der Waals surface area (Å²) in [6.45, 7) is -0.396. The summed E-state index contributed by atoms with van der Waals surface area (Å²) in [6.07, 6.45) is -1.53. The number of hydrogen-bond acceptors (Lipinski definition) is 11. The highest BCUT2D eigenvalue weighted by Crippen LogP contribution is 2.66. The molecular formula is C10H17FN3O13P3. The third kappa shape index (κ3) is 6.72. The first-order chi connectivity index (χ1) is 13.3. The highest BCUT2D eigenvalue weighted by atomic mass is 31.3. The first kappa shape index (κ1) is 25.2. The second-order valence-electron chi connectivity index (χ2n) is 6.29. The Hall–Kier alpha value is -1.06. The van der Waals surface area contributed by atoms with Crippen LogP contribution in [0, 0.1) is 0 Å². The van der Waals surface area contributed by atoms with Crippen molar-refractivity contribution in [2.24, 2.45) is 0 Å². The maximum atomic E-state index is 14.9. The average Bonchev–Trinajstić information content (AvgIpc) is 2.72. The average molecular weight is 499 g/mol. The van der Waals surface area contributed by atoms with Crippen LogP contribution in [0.15, 0.2) is 17.1 Å². The number of nitrogen functional groups attached to an aromatic ring is 1. The molecule has 20 heteroatoms. The fourth-order valence-electron chi connectivity index (χ4n) is 2.52. The van der Waals surface area contributed by atoms with Gasteiger partial charge in [0.1, 0.15) is 18.0 Å². The van der Waals surface area contributed by atoms with E-state index in [9.17, 15) is 32.9 Å². The zero-order valence-corrected chi connectivity index (χ0v) is 17.5. The van der Waals surface area contributed by atoms with Crippen LogP contribution in [0.4, 0.5) is 10.2 Å². The Morgan fingerprint density at radius 3 is 2.43 bits per heavy atom. The quantitative estimate of drug-likeness (QED) is 0.247. The molecule has 30 heavy (non-hydrogen) atoms. The number of anilines is 1. The number of ether oxygens (including phenoxy) is 1. The number of nitrogens with two attached hydrogens (primary N) is 1. The highest BCUT2D eigenvalue weighted by Gasteiger charge is 2.56. The molecule has 1 aromatic rings. The molecule has 1 saturated heterocycles. The van der Waals surface area contributed by atoms with E-state index in [0.29, 0.717) is 4.57 Å². The van der Waals surface area contributed by atoms with Gasteiger partial charge in [-0.25, -0.2) is 22.9 Å². The molecule has 0 spiro atoms. The van der Waals surface area contributed by atoms with Gasteiger partial charge in [0.25, 0.3) is 0 Å². The van der Waals surface area contributed by atoms with Crippen molar-refractivity contribution in [1.82, 2.24) is 9.55 Å². The minimum atomic E-state index is -5.80. The van der Waals surface area contributed by atoms with E-state index in [0.717, 1.165) is 19.2 Å². The van der Waals surface area contributed by atoms with Gasteiger partial charge in [-0.05, 0) is 13.0 Å². The van der Waals surface area contributed by atoms with Gasteiger partial charge < -0.3 is 35.2 Å². The molecule has 7 N–H and O–H groups in total. The Labute approximate surface area is 166 Å². The summed E-state index contributed by atoms with van der Waals surface area (Å²) in [7, 11) is -17.0. The molecule has 1 aliphatic heterocycles. The van der Waals surface area contributed by atoms with Crippen LogP contribution in [0.1, 0.15) is 19.6 Å². The summed E-state index contributed by atoms with van der Waals surface area (Å²) >= 11 is 0. The molecule has 0 bridgehead atoms. The molecule has 2 unspecified atom stereocenters. The Bertz CT molecular complexity index is 1010. The number of halogens is 1. The number of aromatic nitrogens is 2. The molecule has 0 amide bonds. The van der Waals surface area contributed by atoms with Gasteiger partial charge in [0.05, 0.1) is 0 Å². The fourth-order valence-corrected chi connectivity index (χ4v) is 5.57. The molecule has 1 aromatic heterocycles. The Morgan fingerprint density at radius 1 is 1.30 bits per heavy atom. The maximum Gasteiger partial charge on any atom is 0.490 e. The van der Waals surface area contributed by atoms with E-state index in [1.54, 1.807) is 0 Å². The van der Waals surface area contributed by atoms with Crippen molar-refractivity contribution in [2.75, 3.05) is 12.3 Å². The second kappa shape index (κ2) is 8.13. The number of nitrogens with zero attached hydrogens (tertiary/aromatic N) is 2. The van der Waals surface area contributed by atoms with E-state index >= 15 is 0 Å². The van der Waals surface area contributed by atoms with Gasteiger partial charge in [-0.3, -0.25) is 9.09 Å². The number of hydrogen-bond donors (Lipinski definition) is 6. The summed E-state index contributed by atoms with van der Waals surface area (Å²) in [5.74, 6) is -3.17. The smallest absolute Gasteiger partial charge is 0.385 e. The Morgan fingerprint density at radius 2 is 1.90 bits per heavy atom. The normalized spacial score (nSPS) is 31.2. The van der Waals surface area contributed by atoms with Crippen molar-refractivity contribution >= 4 is 29.3 Å². The maximum absolute atomic E-state index is 14.9. The molecule has 2 heterocycles. The largest absolute Gasteiger partial charge is 0.490 e. The lowest BCUT2D eigenvalue weighted by atomic mass is 9.99. The minimum Gasteiger partial charge on any atom is -0.385 e. The van der Waals surface area contributed by atoms with Gasteiger partial charge in [-0.1, -0.05) is 0 Å². The summed E-state index contributed by atoms with van der Waals surface area (Å²) in [6, 6.07) is 1.16. The van der Waals surface area contributed by atoms with Crippen LogP contribution in [-0.2, 0) is 31.6 Å². The molecule has 0 aliphatic carbocycles. The zero-order chi connectivity index (χ0) is 23.2. The molecule has 0 aromatic carbocycles. The topological polar surface area (TPSA) is 250 Å². The van der Waals surface area contributed by atoms with Crippen LogP contribution in [0.3, 0.4) is 0 Å². The summed E-state index contributed by atoms with van der Waals surface area (Å²) in [5.41, 5.74) is 2.27. The first-order valence-corrected chi connectivity index (χ1v) is 12.1. The van der Waals surface area contributed by atoms with Gasteiger partial charge in [0, 0.05) is 12.6 Å². The molecule has 2 rings (SSSR count). The van der Waals surface area contributed by atoms with Gasteiger partial charge >= 0.3 is 29.2 Å². The number of alkyl halides is 1. The highest BCUT2D eigenvalue weighted by molar-refractivity contribution is 7.66. The molecule has 0 radical (unpaired) electrons. The SMILES string of the molecule is C[C@@]1(O)C[C@@](F)(COP(=O)(O)OP(=O)(O)OP(=O)(O)O)O[C@H]1n1ccc(N)nc1=O. The lowest BCUT2D eigenvalue weighted by molar-refractivity contribution is -0.183. The molecule has 1 fully saturated rings. The van der Waals surface area contributed by atoms with Gasteiger partial charge in [0.2, 0.25) is 5.85 Å². The number of aliphatic hydroxyl groups is 1. The summed E-state index contributed by atoms with van der Waals surface area (Å²) < 4.78 is 65.3. The monoisotopic (exact) mass is 499 g/mol. The third-order valence-electron chi connectivity index (χ3n) is 3.44. The summed E-state index contributed by atoms with van der Waals surface area (Å²) in [5, 5.41) is 10.4. The van der Waals surface area contributed by atoms with Crippen LogP contribution < -0.4 is 11.4 Å². The molecule has 0 saturated carbocycles. The van der Waals surface area contributed by atoms with E-state index < -0.39 is 59.9 Å². The van der Waals surface area contributed by atoms with Crippen molar-refractivity contribution < 1.29 is 60.6 Å². The minimum absolute atomic E-state index is 0.159. The van der Waals surface area contributed by atoms with E-state index in [1.807, 2.05) is 0 Å². The van der Waals surface area contributed by atoms with E-state index in [-0.39, 0.29) is 5.82 Å². The van der Waals surface area contributed by atoms with Gasteiger partial charge in [-0.15, -0.1) is 0 Å². The van der Waals surface area contributed by atoms with Crippen LogP contribution in [0.2, 0.25) is 0 Å². The van der Waals surface area contributed by atoms with Gasteiger partial charge in [-0.2, -0.15) is 13.6 Å². The first-order valence-electron chi connectivity index (χ1n) is 7.55. The van der Waals surface area contributed by atoms with E-state index in [2.05, 4.69) is 18.1 Å². The van der Waals surface area contributed by atoms with E-state index in [1.165, 1.54) is 0 Å².